The summed E-state index contributed by atoms with van der Waals surface area (Å²) in [6.45, 7) is 3.30. The predicted octanol–water partition coefficient (Wildman–Crippen LogP) is 3.17. The number of carbonyl (C=O) groups is 2. The van der Waals surface area contributed by atoms with E-state index in [9.17, 15) is 14.7 Å². The average molecular weight is 573 g/mol. The molecule has 5 atom stereocenters. The number of amides is 2. The van der Waals surface area contributed by atoms with Crippen LogP contribution in [0.15, 0.2) is 61.5 Å². The lowest BCUT2D eigenvalue weighted by Crippen LogP contribution is -2.32. The Hall–Kier alpha value is -4.59. The smallest absolute Gasteiger partial charge is 0.337 e. The maximum atomic E-state index is 12.2. The minimum absolute atomic E-state index is 0.0644. The Labute approximate surface area is 241 Å². The van der Waals surface area contributed by atoms with Crippen molar-refractivity contribution < 1.29 is 24.2 Å². The number of aromatic nitrogens is 5. The van der Waals surface area contributed by atoms with E-state index in [1.54, 1.807) is 12.5 Å². The van der Waals surface area contributed by atoms with Crippen LogP contribution in [-0.4, -0.2) is 73.2 Å². The Balaban J connectivity index is 1.23. The first-order valence-electron chi connectivity index (χ1n) is 13.9. The van der Waals surface area contributed by atoms with Gasteiger partial charge in [-0.15, -0.1) is 0 Å². The first-order chi connectivity index (χ1) is 20.5. The van der Waals surface area contributed by atoms with Gasteiger partial charge in [-0.2, -0.15) is 0 Å². The number of H-pyrrole nitrogens is 1. The topological polar surface area (TPSA) is 168 Å². The van der Waals surface area contributed by atoms with E-state index in [0.717, 1.165) is 5.56 Å². The van der Waals surface area contributed by atoms with E-state index in [1.165, 1.54) is 12.5 Å². The number of aromatic carboxylic acids is 1. The minimum Gasteiger partial charge on any atom is -0.478 e. The molecule has 1 aromatic carbocycles. The number of rotatable bonds is 10. The molecular formula is C29H32N8O5. The second kappa shape index (κ2) is 12.1. The zero-order chi connectivity index (χ0) is 29.1. The fourth-order valence-corrected chi connectivity index (χ4v) is 5.71. The molecule has 0 spiro atoms. The number of hydrogen-bond donors (Lipinski definition) is 5. The van der Waals surface area contributed by atoms with Crippen molar-refractivity contribution in [3.05, 3.63) is 78.1 Å². The Bertz CT molecular complexity index is 1590. The minimum atomic E-state index is -0.968. The molecule has 218 valence electrons. The van der Waals surface area contributed by atoms with Crippen LogP contribution in [0.3, 0.4) is 0 Å². The summed E-state index contributed by atoms with van der Waals surface area (Å²) in [5.74, 6) is -0.579. The molecule has 1 saturated carbocycles. The fraction of sp³-hybridized carbons (Fsp3) is 0.345. The molecule has 0 radical (unpaired) electrons. The van der Waals surface area contributed by atoms with Gasteiger partial charge in [0.1, 0.15) is 12.4 Å². The standard InChI is InChI=1S/C29H32N8O5/c1-2-32-29(40)36-26-23-27(34-15-33-26)37(16-35-23)21-10-18(11-30-12-19-13-31-14-20(19)28(38)39)24-25(21)42-22(41-24)9-8-17-6-4-3-5-7-17/h3-9,13-16,18,21-22,24-25,30-31H,2,10-12H2,1H3,(H,38,39)(H2,32,33,34,36,40)/t18?,21?,22-,24?,25?/m0/s1. The van der Waals surface area contributed by atoms with E-state index in [2.05, 4.69) is 35.9 Å². The summed E-state index contributed by atoms with van der Waals surface area (Å²) >= 11 is 0. The average Bonchev–Trinajstić information content (AvgIpc) is 3.77. The van der Waals surface area contributed by atoms with Gasteiger partial charge in [-0.1, -0.05) is 36.4 Å². The van der Waals surface area contributed by atoms with E-state index in [-0.39, 0.29) is 35.8 Å². The van der Waals surface area contributed by atoms with Gasteiger partial charge in [0, 0.05) is 37.9 Å². The van der Waals surface area contributed by atoms with Crippen LogP contribution in [0.4, 0.5) is 10.6 Å². The van der Waals surface area contributed by atoms with E-state index < -0.39 is 12.3 Å². The molecule has 42 heavy (non-hydrogen) atoms. The summed E-state index contributed by atoms with van der Waals surface area (Å²) in [4.78, 5) is 39.8. The van der Waals surface area contributed by atoms with E-state index in [0.29, 0.717) is 48.6 Å². The Morgan fingerprint density at radius 3 is 2.79 bits per heavy atom. The van der Waals surface area contributed by atoms with E-state index in [1.807, 2.05) is 54.0 Å². The number of benzene rings is 1. The van der Waals surface area contributed by atoms with Crippen molar-refractivity contribution in [3.63, 3.8) is 0 Å². The highest BCUT2D eigenvalue weighted by molar-refractivity contribution is 5.95. The van der Waals surface area contributed by atoms with Crippen LogP contribution in [0.1, 0.15) is 40.9 Å². The maximum absolute atomic E-state index is 12.2. The Kier molecular flexibility index (Phi) is 7.95. The molecule has 1 saturated heterocycles. The SMILES string of the molecule is CCNC(=O)Nc1ncnc2c1ncn2C1CC(CNCc2c[nH]cc2C(=O)O)C2O[C@H](C=Cc3ccccc3)OC21. The van der Waals surface area contributed by atoms with Crippen molar-refractivity contribution in [2.45, 2.75) is 44.4 Å². The number of fused-ring (bicyclic) bond motifs is 2. The normalized spacial score (nSPS) is 23.4. The molecule has 1 aliphatic carbocycles. The second-order valence-corrected chi connectivity index (χ2v) is 10.3. The molecule has 3 aromatic heterocycles. The molecule has 13 heteroatoms. The zero-order valence-electron chi connectivity index (χ0n) is 22.9. The molecule has 13 nitrogen and oxygen atoms in total. The van der Waals surface area contributed by atoms with Crippen molar-refractivity contribution in [3.8, 4) is 0 Å². The molecule has 1 aliphatic heterocycles. The third-order valence-electron chi connectivity index (χ3n) is 7.61. The molecule has 4 unspecified atom stereocenters. The molecule has 0 bridgehead atoms. The third-order valence-corrected chi connectivity index (χ3v) is 7.61. The van der Waals surface area contributed by atoms with Gasteiger partial charge < -0.3 is 34.8 Å². The lowest BCUT2D eigenvalue weighted by Gasteiger charge is -2.20. The number of anilines is 1. The van der Waals surface area contributed by atoms with Crippen molar-refractivity contribution >= 4 is 35.1 Å². The number of carbonyl (C=O) groups excluding carboxylic acids is 1. The van der Waals surface area contributed by atoms with Crippen molar-refractivity contribution in [2.24, 2.45) is 5.92 Å². The summed E-state index contributed by atoms with van der Waals surface area (Å²) in [5, 5.41) is 18.3. The summed E-state index contributed by atoms with van der Waals surface area (Å²) < 4.78 is 14.9. The highest BCUT2D eigenvalue weighted by atomic mass is 16.7. The van der Waals surface area contributed by atoms with Crippen molar-refractivity contribution in [1.82, 2.24) is 35.1 Å². The number of imidazole rings is 1. The van der Waals surface area contributed by atoms with E-state index >= 15 is 0 Å². The lowest BCUT2D eigenvalue weighted by atomic mass is 10.1. The summed E-state index contributed by atoms with van der Waals surface area (Å²) in [6, 6.07) is 9.43. The number of urea groups is 1. The zero-order valence-corrected chi connectivity index (χ0v) is 22.9. The van der Waals surface area contributed by atoms with Gasteiger partial charge in [-0.25, -0.2) is 24.5 Å². The number of carboxylic acids is 1. The quantitative estimate of drug-likeness (QED) is 0.192. The van der Waals surface area contributed by atoms with Crippen molar-refractivity contribution in [2.75, 3.05) is 18.4 Å². The van der Waals surface area contributed by atoms with Crippen LogP contribution in [-0.2, 0) is 16.0 Å². The molecule has 5 N–H and O–H groups in total. The monoisotopic (exact) mass is 572 g/mol. The molecule has 6 rings (SSSR count). The van der Waals surface area contributed by atoms with Gasteiger partial charge >= 0.3 is 12.0 Å². The van der Waals surface area contributed by atoms with Gasteiger partial charge in [0.15, 0.2) is 23.3 Å². The summed E-state index contributed by atoms with van der Waals surface area (Å²) in [7, 11) is 0. The first-order valence-corrected chi connectivity index (χ1v) is 13.9. The Morgan fingerprint density at radius 2 is 1.98 bits per heavy atom. The van der Waals surface area contributed by atoms with Crippen LogP contribution in [0.25, 0.3) is 17.2 Å². The number of nitrogens with zero attached hydrogens (tertiary/aromatic N) is 4. The number of carboxylic acid groups (broad SMARTS) is 1. The number of ether oxygens (including phenoxy) is 2. The number of hydrogen-bond acceptors (Lipinski definition) is 8. The lowest BCUT2D eigenvalue weighted by molar-refractivity contribution is -0.0499. The molecule has 2 amide bonds. The van der Waals surface area contributed by atoms with Crippen LogP contribution in [0, 0.1) is 5.92 Å². The van der Waals surface area contributed by atoms with Crippen LogP contribution >= 0.6 is 0 Å². The highest BCUT2D eigenvalue weighted by Gasteiger charge is 2.51. The highest BCUT2D eigenvalue weighted by Crippen LogP contribution is 2.45. The summed E-state index contributed by atoms with van der Waals surface area (Å²) in [5.41, 5.74) is 3.04. The molecule has 2 aliphatic rings. The maximum Gasteiger partial charge on any atom is 0.337 e. The summed E-state index contributed by atoms with van der Waals surface area (Å²) in [6.07, 6.45) is 9.86. The van der Waals surface area contributed by atoms with Gasteiger partial charge in [0.2, 0.25) is 0 Å². The van der Waals surface area contributed by atoms with Crippen LogP contribution in [0.2, 0.25) is 0 Å². The predicted molar refractivity (Wildman–Crippen MR) is 154 cm³/mol. The van der Waals surface area contributed by atoms with Gasteiger partial charge in [-0.05, 0) is 30.5 Å². The second-order valence-electron chi connectivity index (χ2n) is 10.3. The fourth-order valence-electron chi connectivity index (χ4n) is 5.71. The van der Waals surface area contributed by atoms with Gasteiger partial charge in [-0.3, -0.25) is 5.32 Å². The molecule has 2 fully saturated rings. The third kappa shape index (κ3) is 5.62. The van der Waals surface area contributed by atoms with Crippen LogP contribution < -0.4 is 16.0 Å². The van der Waals surface area contributed by atoms with Crippen LogP contribution in [0.5, 0.6) is 0 Å². The van der Waals surface area contributed by atoms with Crippen molar-refractivity contribution in [1.29, 1.82) is 0 Å². The molecular weight excluding hydrogens is 540 g/mol. The Morgan fingerprint density at radius 1 is 1.14 bits per heavy atom. The first kappa shape index (κ1) is 27.6. The van der Waals surface area contributed by atoms with Gasteiger partial charge in [0.05, 0.1) is 24.0 Å². The largest absolute Gasteiger partial charge is 0.478 e. The van der Waals surface area contributed by atoms with E-state index in [4.69, 9.17) is 9.47 Å². The number of nitrogens with one attached hydrogen (secondary N) is 4. The van der Waals surface area contributed by atoms with Gasteiger partial charge in [0.25, 0.3) is 0 Å². The molecule has 4 aromatic rings. The number of aromatic amines is 1. The molecule has 4 heterocycles.